The van der Waals surface area contributed by atoms with Gasteiger partial charge in [-0.1, -0.05) is 0 Å². The largest absolute Gasteiger partial charge is 0.453 e. The van der Waals surface area contributed by atoms with Crippen LogP contribution >= 0.6 is 0 Å². The Morgan fingerprint density at radius 1 is 1.40 bits per heavy atom. The Hall–Kier alpha value is -0.810. The van der Waals surface area contributed by atoms with Gasteiger partial charge in [-0.3, -0.25) is 0 Å². The third-order valence-electron chi connectivity index (χ3n) is 2.92. The van der Waals surface area contributed by atoms with Crippen LogP contribution in [-0.4, -0.2) is 69.4 Å². The number of nitrogens with zero attached hydrogens (tertiary/aromatic N) is 2. The predicted octanol–water partition coefficient (Wildman–Crippen LogP) is 0.404. The lowest BCUT2D eigenvalue weighted by Crippen LogP contribution is -2.54. The van der Waals surface area contributed by atoms with Gasteiger partial charge < -0.3 is 19.3 Å². The van der Waals surface area contributed by atoms with Gasteiger partial charge in [0.05, 0.1) is 19.8 Å². The van der Waals surface area contributed by atoms with Gasteiger partial charge in [-0.05, 0) is 20.5 Å². The first-order valence-corrected chi connectivity index (χ1v) is 5.12. The summed E-state index contributed by atoms with van der Waals surface area (Å²) in [5, 5.41) is 0. The van der Waals surface area contributed by atoms with E-state index >= 15 is 0 Å². The molecule has 0 saturated carbocycles. The summed E-state index contributed by atoms with van der Waals surface area (Å²) in [4.78, 5) is 15.2. The highest BCUT2D eigenvalue weighted by atomic mass is 16.5. The Morgan fingerprint density at radius 2 is 2.07 bits per heavy atom. The number of amides is 1. The maximum Gasteiger partial charge on any atom is 0.409 e. The number of piperidine rings is 1. The molecule has 1 saturated heterocycles. The average molecular weight is 216 g/mol. The number of likely N-dealkylation sites (N-methyl/N-ethyl adjacent to an activating group) is 1. The minimum absolute atomic E-state index is 0.0628. The molecule has 2 unspecified atom stereocenters. The van der Waals surface area contributed by atoms with Crippen LogP contribution in [0.2, 0.25) is 0 Å². The van der Waals surface area contributed by atoms with Gasteiger partial charge in [0, 0.05) is 19.7 Å². The molecular weight excluding hydrogens is 196 g/mol. The predicted molar refractivity (Wildman–Crippen MR) is 56.9 cm³/mol. The molecule has 5 nitrogen and oxygen atoms in total. The zero-order valence-electron chi connectivity index (χ0n) is 9.90. The normalized spacial score (nSPS) is 26.9. The second-order valence-corrected chi connectivity index (χ2v) is 4.01. The van der Waals surface area contributed by atoms with Crippen LogP contribution in [0.4, 0.5) is 4.79 Å². The molecule has 1 heterocycles. The average Bonchev–Trinajstić information content (AvgIpc) is 2.26. The Morgan fingerprint density at radius 3 is 2.53 bits per heavy atom. The fourth-order valence-electron chi connectivity index (χ4n) is 2.02. The van der Waals surface area contributed by atoms with E-state index in [1.807, 2.05) is 14.1 Å². The molecular formula is C10H20N2O3. The topological polar surface area (TPSA) is 42.0 Å². The van der Waals surface area contributed by atoms with E-state index in [4.69, 9.17) is 9.47 Å². The zero-order valence-corrected chi connectivity index (χ0v) is 9.90. The Labute approximate surface area is 90.9 Å². The minimum Gasteiger partial charge on any atom is -0.453 e. The van der Waals surface area contributed by atoms with Gasteiger partial charge in [-0.2, -0.15) is 0 Å². The third kappa shape index (κ3) is 2.82. The SMILES string of the molecule is COC(=O)N1CCC(N(C)C)C(OC)C1. The lowest BCUT2D eigenvalue weighted by Gasteiger charge is -2.39. The summed E-state index contributed by atoms with van der Waals surface area (Å²) in [5.74, 6) is 0. The number of hydrogen-bond donors (Lipinski definition) is 0. The number of carbonyl (C=O) groups excluding carboxylic acids is 1. The number of likely N-dealkylation sites (tertiary alicyclic amines) is 1. The molecule has 1 aliphatic heterocycles. The number of methoxy groups -OCH3 is 2. The van der Waals surface area contributed by atoms with Crippen molar-refractivity contribution in [1.82, 2.24) is 9.80 Å². The molecule has 15 heavy (non-hydrogen) atoms. The summed E-state index contributed by atoms with van der Waals surface area (Å²) < 4.78 is 10.1. The van der Waals surface area contributed by atoms with Gasteiger partial charge >= 0.3 is 6.09 Å². The maximum atomic E-state index is 11.3. The molecule has 0 bridgehead atoms. The zero-order chi connectivity index (χ0) is 11.4. The standard InChI is InChI=1S/C10H20N2O3/c1-11(2)8-5-6-12(10(13)15-4)7-9(8)14-3/h8-9H,5-7H2,1-4H3. The summed E-state index contributed by atoms with van der Waals surface area (Å²) in [7, 11) is 7.15. The third-order valence-corrected chi connectivity index (χ3v) is 2.92. The van der Waals surface area contributed by atoms with Crippen LogP contribution in [0, 0.1) is 0 Å². The molecule has 0 aromatic rings. The maximum absolute atomic E-state index is 11.3. The van der Waals surface area contributed by atoms with Gasteiger partial charge in [0.1, 0.15) is 0 Å². The molecule has 88 valence electrons. The molecule has 0 aliphatic carbocycles. The van der Waals surface area contributed by atoms with Crippen molar-refractivity contribution >= 4 is 6.09 Å². The quantitative estimate of drug-likeness (QED) is 0.670. The molecule has 5 heteroatoms. The van der Waals surface area contributed by atoms with Crippen LogP contribution in [0.15, 0.2) is 0 Å². The van der Waals surface area contributed by atoms with Crippen molar-refractivity contribution in [1.29, 1.82) is 0 Å². The summed E-state index contributed by atoms with van der Waals surface area (Å²) in [6.45, 7) is 1.33. The van der Waals surface area contributed by atoms with Gasteiger partial charge in [0.2, 0.25) is 0 Å². The Balaban J connectivity index is 2.58. The molecule has 1 amide bonds. The highest BCUT2D eigenvalue weighted by Crippen LogP contribution is 2.17. The van der Waals surface area contributed by atoms with E-state index in [2.05, 4.69) is 4.90 Å². The molecule has 1 rings (SSSR count). The van der Waals surface area contributed by atoms with Crippen LogP contribution in [0.5, 0.6) is 0 Å². The fourth-order valence-corrected chi connectivity index (χ4v) is 2.02. The second kappa shape index (κ2) is 5.32. The molecule has 1 aliphatic rings. The number of ether oxygens (including phenoxy) is 2. The molecule has 0 spiro atoms. The van der Waals surface area contributed by atoms with Gasteiger partial charge in [-0.25, -0.2) is 4.79 Å². The van der Waals surface area contributed by atoms with Crippen LogP contribution in [-0.2, 0) is 9.47 Å². The smallest absolute Gasteiger partial charge is 0.409 e. The van der Waals surface area contributed by atoms with Crippen LogP contribution in [0.25, 0.3) is 0 Å². The van der Waals surface area contributed by atoms with E-state index in [9.17, 15) is 4.79 Å². The van der Waals surface area contributed by atoms with E-state index in [1.54, 1.807) is 12.0 Å². The minimum atomic E-state index is -0.269. The van der Waals surface area contributed by atoms with E-state index in [-0.39, 0.29) is 12.2 Å². The lowest BCUT2D eigenvalue weighted by atomic mass is 10.0. The number of rotatable bonds is 2. The van der Waals surface area contributed by atoms with Gasteiger partial charge in [0.15, 0.2) is 0 Å². The molecule has 0 radical (unpaired) electrons. The van der Waals surface area contributed by atoms with Crippen molar-refractivity contribution in [3.05, 3.63) is 0 Å². The van der Waals surface area contributed by atoms with Crippen LogP contribution in [0.1, 0.15) is 6.42 Å². The molecule has 1 fully saturated rings. The van der Waals surface area contributed by atoms with Crippen molar-refractivity contribution in [2.75, 3.05) is 41.4 Å². The molecule has 0 aromatic carbocycles. The monoisotopic (exact) mass is 216 g/mol. The fraction of sp³-hybridized carbons (Fsp3) is 0.900. The first kappa shape index (κ1) is 12.3. The summed E-state index contributed by atoms with van der Waals surface area (Å²) in [6.07, 6.45) is 0.711. The van der Waals surface area contributed by atoms with Crippen LogP contribution in [0.3, 0.4) is 0 Å². The van der Waals surface area contributed by atoms with E-state index in [1.165, 1.54) is 7.11 Å². The highest BCUT2D eigenvalue weighted by Gasteiger charge is 2.32. The van der Waals surface area contributed by atoms with Crippen molar-refractivity contribution < 1.29 is 14.3 Å². The Kier molecular flexibility index (Phi) is 4.35. The molecule has 0 N–H and O–H groups in total. The van der Waals surface area contributed by atoms with Crippen LogP contribution < -0.4 is 0 Å². The van der Waals surface area contributed by atoms with E-state index in [0.717, 1.165) is 13.0 Å². The Bertz CT molecular complexity index is 221. The summed E-state index contributed by atoms with van der Waals surface area (Å²) in [5.41, 5.74) is 0. The number of carbonyl (C=O) groups is 1. The van der Waals surface area contributed by atoms with Gasteiger partial charge in [-0.15, -0.1) is 0 Å². The van der Waals surface area contributed by atoms with Gasteiger partial charge in [0.25, 0.3) is 0 Å². The first-order chi connectivity index (χ1) is 7.10. The lowest BCUT2D eigenvalue weighted by molar-refractivity contribution is -0.0213. The summed E-state index contributed by atoms with van der Waals surface area (Å²) >= 11 is 0. The van der Waals surface area contributed by atoms with Crippen molar-refractivity contribution in [3.8, 4) is 0 Å². The molecule has 0 aromatic heterocycles. The first-order valence-electron chi connectivity index (χ1n) is 5.12. The van der Waals surface area contributed by atoms with E-state index < -0.39 is 0 Å². The second-order valence-electron chi connectivity index (χ2n) is 4.01. The van der Waals surface area contributed by atoms with Crippen molar-refractivity contribution in [2.45, 2.75) is 18.6 Å². The molecule has 2 atom stereocenters. The van der Waals surface area contributed by atoms with Crippen molar-refractivity contribution in [2.24, 2.45) is 0 Å². The summed E-state index contributed by atoms with van der Waals surface area (Å²) in [6, 6.07) is 0.371. The highest BCUT2D eigenvalue weighted by molar-refractivity contribution is 5.67. The van der Waals surface area contributed by atoms with E-state index in [0.29, 0.717) is 12.6 Å². The van der Waals surface area contributed by atoms with Crippen molar-refractivity contribution in [3.63, 3.8) is 0 Å². The number of hydrogen-bond acceptors (Lipinski definition) is 4.